The molecule has 0 aromatic heterocycles. The molecule has 0 bridgehead atoms. The molecule has 0 amide bonds. The average molecular weight is 346 g/mol. The molecule has 0 saturated heterocycles. The van der Waals surface area contributed by atoms with Crippen LogP contribution in [0.5, 0.6) is 0 Å². The van der Waals surface area contributed by atoms with E-state index in [-0.39, 0.29) is 0 Å². The molecule has 49 valence electrons. The Bertz CT molecular complexity index is 31.7. The summed E-state index contributed by atoms with van der Waals surface area (Å²) in [6, 6.07) is 0. The molecule has 0 unspecified atom stereocenters. The van der Waals surface area contributed by atoms with Crippen LogP contribution in [0.3, 0.4) is 0 Å². The number of nitrogens with one attached hydrogen (secondary N) is 3. The van der Waals surface area contributed by atoms with Gasteiger partial charge >= 0.3 is 63.6 Å². The fraction of sp³-hybridized carbons (Fsp3) is 0. The van der Waals surface area contributed by atoms with E-state index in [0.717, 1.165) is 0 Å². The number of hydrogen-bond acceptors (Lipinski definition) is 3. The van der Waals surface area contributed by atoms with Crippen molar-refractivity contribution in [2.45, 2.75) is 0 Å². The number of hydrogen-bond donors (Lipinski definition) is 3. The predicted octanol–water partition coefficient (Wildman–Crippen LogP) is 0.580. The molecule has 0 radical (unpaired) electrons. The Hall–Kier alpha value is 1.44. The van der Waals surface area contributed by atoms with Gasteiger partial charge < -0.3 is 0 Å². The molecule has 0 aliphatic carbocycles. The molecule has 0 heterocycles. The Labute approximate surface area is 63.5 Å². The van der Waals surface area contributed by atoms with E-state index in [4.69, 9.17) is 35.3 Å². The molecule has 7 heteroatoms. The van der Waals surface area contributed by atoms with Gasteiger partial charge in [0.05, 0.1) is 0 Å². The van der Waals surface area contributed by atoms with Crippen molar-refractivity contribution in [2.24, 2.45) is 0 Å². The molecule has 0 aliphatic rings. The Morgan fingerprint density at radius 3 is 1.14 bits per heavy atom. The molecule has 3 nitrogen and oxygen atoms in total. The first kappa shape index (κ1) is 8.44. The normalized spacial score (nSPS) is 11.6. The van der Waals surface area contributed by atoms with Crippen LogP contribution in [0.25, 0.3) is 0 Å². The second-order valence-electron chi connectivity index (χ2n) is 0.416. The van der Waals surface area contributed by atoms with Gasteiger partial charge in [-0.25, -0.2) is 0 Å². The first-order valence-electron chi connectivity index (χ1n) is 1.04. The molecule has 0 aromatic rings. The third-order valence-corrected chi connectivity index (χ3v) is 4.40. The van der Waals surface area contributed by atoms with E-state index >= 15 is 0 Å². The third kappa shape index (κ3) is 3.98. The summed E-state index contributed by atoms with van der Waals surface area (Å²) in [4.78, 5) is 0. The fourth-order valence-corrected chi connectivity index (χ4v) is 2.50. The van der Waals surface area contributed by atoms with Gasteiger partial charge in [-0.3, -0.25) is 0 Å². The summed E-state index contributed by atoms with van der Waals surface area (Å²) in [5.74, 6) is 0. The van der Waals surface area contributed by atoms with Crippen molar-refractivity contribution >= 4 is 35.3 Å². The van der Waals surface area contributed by atoms with Gasteiger partial charge in [-0.2, -0.15) is 0 Å². The van der Waals surface area contributed by atoms with Crippen LogP contribution in [-0.2, 0) is 18.1 Å². The second kappa shape index (κ2) is 5.57. The van der Waals surface area contributed by atoms with Crippen LogP contribution in [0.4, 0.5) is 0 Å². The topological polar surface area (TPSA) is 36.1 Å². The Balaban J connectivity index is 2.99. The van der Waals surface area contributed by atoms with Crippen molar-refractivity contribution in [3.8, 4) is 0 Å². The maximum atomic E-state index is 5.09. The molecule has 0 spiro atoms. The van der Waals surface area contributed by atoms with Crippen molar-refractivity contribution in [1.29, 1.82) is 0 Å². The first-order valence-corrected chi connectivity index (χ1v) is 5.58. The van der Waals surface area contributed by atoms with Crippen LogP contribution in [0.2, 0.25) is 0 Å². The molecule has 0 aliphatic heterocycles. The van der Waals surface area contributed by atoms with Crippen molar-refractivity contribution in [2.75, 3.05) is 0 Å². The summed E-state index contributed by atoms with van der Waals surface area (Å²) < 4.78 is 7.03. The standard InChI is InChI=1S/3ClHN.Pt/c3*1-2;/h3*2H;/q3*-1;+3. The summed E-state index contributed by atoms with van der Waals surface area (Å²) in [5.41, 5.74) is 0. The molecule has 0 saturated carbocycles. The van der Waals surface area contributed by atoms with Gasteiger partial charge in [-0.1, -0.05) is 0 Å². The predicted molar refractivity (Wildman–Crippen MR) is 27.0 cm³/mol. The molecule has 3 N–H and O–H groups in total. The van der Waals surface area contributed by atoms with Gasteiger partial charge in [-0.05, 0) is 0 Å². The average Bonchev–Trinajstić information content (AvgIpc) is 1.72. The van der Waals surface area contributed by atoms with Gasteiger partial charge in [0.2, 0.25) is 0 Å². The number of halogens is 3. The SMILES string of the molecule is Cl[NH][Pt]([NH]Cl)[NH]Cl. The Morgan fingerprint density at radius 1 is 0.857 bits per heavy atom. The maximum absolute atomic E-state index is 5.09. The van der Waals surface area contributed by atoms with Crippen molar-refractivity contribution < 1.29 is 18.1 Å². The van der Waals surface area contributed by atoms with Gasteiger partial charge in [0, 0.05) is 0 Å². The van der Waals surface area contributed by atoms with Gasteiger partial charge in [-0.15, -0.1) is 0 Å². The van der Waals surface area contributed by atoms with E-state index in [1.807, 2.05) is 0 Å². The van der Waals surface area contributed by atoms with Crippen LogP contribution >= 0.6 is 35.3 Å². The minimum atomic E-state index is -1.78. The molecular weight excluding hydrogens is 343 g/mol. The molecule has 7 heavy (non-hydrogen) atoms. The molecular formula is H3Cl3N3Pt. The summed E-state index contributed by atoms with van der Waals surface area (Å²) in [6.45, 7) is 0. The zero-order valence-corrected chi connectivity index (χ0v) is 7.49. The van der Waals surface area contributed by atoms with Crippen molar-refractivity contribution in [3.63, 3.8) is 0 Å². The Morgan fingerprint density at radius 2 is 1.14 bits per heavy atom. The third-order valence-electron chi connectivity index (χ3n) is 0.179. The number of rotatable bonds is 3. The summed E-state index contributed by atoms with van der Waals surface area (Å²) >= 11 is 13.5. The molecule has 0 fully saturated rings. The zero-order chi connectivity index (χ0) is 5.70. The van der Waals surface area contributed by atoms with Crippen LogP contribution in [0.1, 0.15) is 0 Å². The van der Waals surface area contributed by atoms with E-state index in [0.29, 0.717) is 0 Å². The van der Waals surface area contributed by atoms with E-state index in [9.17, 15) is 0 Å². The molecule has 0 atom stereocenters. The van der Waals surface area contributed by atoms with Crippen LogP contribution < -0.4 is 10.2 Å². The summed E-state index contributed by atoms with van der Waals surface area (Å²) in [7, 11) is 0. The van der Waals surface area contributed by atoms with Crippen LogP contribution in [0.15, 0.2) is 0 Å². The minimum absolute atomic E-state index is 1.78. The molecule has 0 aromatic carbocycles. The van der Waals surface area contributed by atoms with Crippen molar-refractivity contribution in [1.82, 2.24) is 10.2 Å². The van der Waals surface area contributed by atoms with E-state index in [2.05, 4.69) is 10.2 Å². The summed E-state index contributed by atoms with van der Waals surface area (Å²) in [6.07, 6.45) is 0. The first-order chi connectivity index (χ1) is 3.35. The quantitative estimate of drug-likeness (QED) is 0.655. The van der Waals surface area contributed by atoms with E-state index in [1.165, 1.54) is 0 Å². The second-order valence-corrected chi connectivity index (χ2v) is 6.34. The van der Waals surface area contributed by atoms with Gasteiger partial charge in [0.1, 0.15) is 0 Å². The van der Waals surface area contributed by atoms with Gasteiger partial charge in [0.15, 0.2) is 0 Å². The van der Waals surface area contributed by atoms with Crippen LogP contribution in [0, 0.1) is 0 Å². The van der Waals surface area contributed by atoms with Crippen molar-refractivity contribution in [3.05, 3.63) is 0 Å². The zero-order valence-electron chi connectivity index (χ0n) is 2.95. The molecule has 0 rings (SSSR count). The van der Waals surface area contributed by atoms with E-state index < -0.39 is 18.1 Å². The van der Waals surface area contributed by atoms with Crippen LogP contribution in [-0.4, -0.2) is 0 Å². The Kier molecular flexibility index (Phi) is 6.72. The summed E-state index contributed by atoms with van der Waals surface area (Å²) in [5, 5.41) is 0. The van der Waals surface area contributed by atoms with Gasteiger partial charge in [0.25, 0.3) is 0 Å². The monoisotopic (exact) mass is 345 g/mol. The van der Waals surface area contributed by atoms with E-state index in [1.54, 1.807) is 0 Å². The fourth-order valence-electron chi connectivity index (χ4n) is 0.0339.